The monoisotopic (exact) mass is 940 g/mol. The van der Waals surface area contributed by atoms with Crippen LogP contribution in [0.25, 0.3) is 82.8 Å². The van der Waals surface area contributed by atoms with Crippen LogP contribution in [0, 0.1) is 0 Å². The minimum atomic E-state index is -1.05. The van der Waals surface area contributed by atoms with E-state index in [1.165, 1.54) is 49.9 Å². The minimum absolute atomic E-state index is 0.0127. The molecule has 0 amide bonds. The smallest absolute Gasteiger partial charge is 0.0726 e. The van der Waals surface area contributed by atoms with Gasteiger partial charge >= 0.3 is 0 Å². The summed E-state index contributed by atoms with van der Waals surface area (Å²) >= 11 is 0. The van der Waals surface area contributed by atoms with Crippen LogP contribution in [0.3, 0.4) is 0 Å². The molecule has 4 aliphatic rings. The van der Waals surface area contributed by atoms with Gasteiger partial charge in [0, 0.05) is 33.2 Å². The Kier molecular flexibility index (Phi) is 7.17. The van der Waals surface area contributed by atoms with Gasteiger partial charge in [0.1, 0.15) is 0 Å². The average molecular weight is 941 g/mol. The van der Waals surface area contributed by atoms with E-state index >= 15 is 0 Å². The van der Waals surface area contributed by atoms with Gasteiger partial charge in [-0.25, -0.2) is 0 Å². The van der Waals surface area contributed by atoms with Gasteiger partial charge in [-0.2, -0.15) is 0 Å². The molecule has 2 spiro atoms. The quantitative estimate of drug-likeness (QED) is 0.171. The van der Waals surface area contributed by atoms with E-state index in [1.807, 2.05) is 18.2 Å². The number of anilines is 3. The van der Waals surface area contributed by atoms with Crippen LogP contribution in [-0.4, -0.2) is 4.57 Å². The van der Waals surface area contributed by atoms with E-state index in [9.17, 15) is 4.11 Å². The van der Waals surface area contributed by atoms with E-state index in [4.69, 9.17) is 1.37 Å². The van der Waals surface area contributed by atoms with Crippen molar-refractivity contribution in [2.75, 3.05) is 4.90 Å². The summed E-state index contributed by atoms with van der Waals surface area (Å²) in [6, 6.07) is 87.8. The molecule has 4 aliphatic carbocycles. The second kappa shape index (κ2) is 14.6. The van der Waals surface area contributed by atoms with Crippen LogP contribution in [0.2, 0.25) is 0 Å². The van der Waals surface area contributed by atoms with Crippen LogP contribution in [0.4, 0.5) is 17.1 Å². The summed E-state index contributed by atoms with van der Waals surface area (Å²) in [5, 5.41) is 4.40. The van der Waals surface area contributed by atoms with Crippen LogP contribution in [0.15, 0.2) is 267 Å². The topological polar surface area (TPSA) is 8.17 Å². The molecule has 342 valence electrons. The van der Waals surface area contributed by atoms with Crippen molar-refractivity contribution >= 4 is 49.6 Å². The fourth-order valence-electron chi connectivity index (χ4n) is 14.4. The third kappa shape index (κ3) is 4.86. The van der Waals surface area contributed by atoms with Gasteiger partial charge in [-0.05, 0) is 149 Å². The molecule has 13 aromatic rings. The van der Waals surface area contributed by atoms with Crippen LogP contribution in [0.5, 0.6) is 0 Å². The SMILES string of the molecule is [2H]c1c([2H])c([2H])c2c(c1[2H])-c1ccccc1C21c2ccccc2-c2cccc3c(N(c4ccc5c(c4)C4(c6ccccc6-c6ccccc64)c4ccccc4-5)c4ccc5c(c4)c4ccccc4n5-c4ccccc4)ccc1c23. The molecular formula is C72H44N2. The van der Waals surface area contributed by atoms with E-state index in [2.05, 4.69) is 234 Å². The number of fused-ring (bicyclic) bond motifs is 22. The third-order valence-electron chi connectivity index (χ3n) is 17.1. The van der Waals surface area contributed by atoms with Crippen molar-refractivity contribution in [1.82, 2.24) is 4.57 Å². The maximum atomic E-state index is 9.85. The number of nitrogens with zero attached hydrogens (tertiary/aromatic N) is 2. The van der Waals surface area contributed by atoms with Gasteiger partial charge in [0.05, 0.1) is 33.0 Å². The molecule has 17 rings (SSSR count). The molecular weight excluding hydrogens is 893 g/mol. The number of hydrogen-bond donors (Lipinski definition) is 0. The molecule has 1 aromatic heterocycles. The van der Waals surface area contributed by atoms with Crippen molar-refractivity contribution in [3.05, 3.63) is 311 Å². The summed E-state index contributed by atoms with van der Waals surface area (Å²) in [6.45, 7) is 0. The molecule has 0 radical (unpaired) electrons. The second-order valence-electron chi connectivity index (χ2n) is 20.3. The van der Waals surface area contributed by atoms with Crippen molar-refractivity contribution in [3.8, 4) is 50.2 Å². The fourth-order valence-corrected chi connectivity index (χ4v) is 14.4. The highest BCUT2D eigenvalue weighted by atomic mass is 15.1. The third-order valence-corrected chi connectivity index (χ3v) is 17.1. The fraction of sp³-hybridized carbons (Fsp3) is 0.0278. The highest BCUT2D eigenvalue weighted by molar-refractivity contribution is 6.14. The maximum absolute atomic E-state index is 9.85. The normalized spacial score (nSPS) is 16.2. The largest absolute Gasteiger partial charge is 0.310 e. The Balaban J connectivity index is 0.989. The first-order chi connectivity index (χ1) is 38.4. The Morgan fingerprint density at radius 1 is 0.311 bits per heavy atom. The summed E-state index contributed by atoms with van der Waals surface area (Å²) in [4.78, 5) is 2.47. The van der Waals surface area contributed by atoms with Gasteiger partial charge in [-0.1, -0.05) is 212 Å². The molecule has 0 N–H and O–H groups in total. The molecule has 2 nitrogen and oxygen atoms in total. The lowest BCUT2D eigenvalue weighted by molar-refractivity contribution is 0.773. The van der Waals surface area contributed by atoms with Gasteiger partial charge in [0.2, 0.25) is 0 Å². The van der Waals surface area contributed by atoms with Crippen LogP contribution >= 0.6 is 0 Å². The lowest BCUT2D eigenvalue weighted by Crippen LogP contribution is -2.32. The van der Waals surface area contributed by atoms with E-state index < -0.39 is 10.8 Å². The van der Waals surface area contributed by atoms with E-state index in [-0.39, 0.29) is 24.2 Å². The van der Waals surface area contributed by atoms with Crippen molar-refractivity contribution in [3.63, 3.8) is 0 Å². The molecule has 74 heavy (non-hydrogen) atoms. The van der Waals surface area contributed by atoms with E-state index in [0.717, 1.165) is 83.3 Å². The molecule has 12 aromatic carbocycles. The summed E-state index contributed by atoms with van der Waals surface area (Å²) < 4.78 is 39.9. The Labute approximate surface area is 434 Å². The number of rotatable bonds is 4. The van der Waals surface area contributed by atoms with Crippen molar-refractivity contribution in [2.24, 2.45) is 0 Å². The molecule has 0 saturated carbocycles. The Hall–Kier alpha value is -9.50. The summed E-state index contributed by atoms with van der Waals surface area (Å²) in [5.74, 6) is 0. The number of benzene rings is 12. The van der Waals surface area contributed by atoms with Crippen LogP contribution < -0.4 is 4.90 Å². The lowest BCUT2D eigenvalue weighted by Gasteiger charge is -2.41. The predicted octanol–water partition coefficient (Wildman–Crippen LogP) is 18.1. The molecule has 0 fully saturated rings. The van der Waals surface area contributed by atoms with E-state index in [0.29, 0.717) is 11.1 Å². The second-order valence-corrected chi connectivity index (χ2v) is 20.3. The standard InChI is InChI=1S/C72H44N2/c1-2-19-45(20-3-1)74-67-36-17-10-27-55(67)58-43-46(38-41-69(58)74)73(47-37-39-54-52-25-8-15-34-63(52)72(66(54)44-47)61-32-13-6-23-50(61)51-24-7-14-33-62(51)72)68-42-40-65-70-56(28-18-29-57(68)70)53-26-9-16-35-64(53)71(65)59-30-11-4-21-48(59)49-22-5-12-31-60(49)71/h1-44H/i4D,11D,21D,30D. The highest BCUT2D eigenvalue weighted by Crippen LogP contribution is 2.65. The first kappa shape index (κ1) is 36.4. The summed E-state index contributed by atoms with van der Waals surface area (Å²) in [7, 11) is 0. The van der Waals surface area contributed by atoms with Crippen molar-refractivity contribution in [2.45, 2.75) is 10.8 Å². The van der Waals surface area contributed by atoms with Gasteiger partial charge in [0.15, 0.2) is 0 Å². The zero-order chi connectivity index (χ0) is 51.8. The van der Waals surface area contributed by atoms with Gasteiger partial charge < -0.3 is 9.47 Å². The lowest BCUT2D eigenvalue weighted by atomic mass is 9.61. The zero-order valence-electron chi connectivity index (χ0n) is 44.0. The van der Waals surface area contributed by atoms with Crippen molar-refractivity contribution in [1.29, 1.82) is 0 Å². The molecule has 0 saturated heterocycles. The van der Waals surface area contributed by atoms with Crippen molar-refractivity contribution < 1.29 is 5.48 Å². The molecule has 1 heterocycles. The predicted molar refractivity (Wildman–Crippen MR) is 306 cm³/mol. The number of hydrogen-bond acceptors (Lipinski definition) is 1. The van der Waals surface area contributed by atoms with Crippen LogP contribution in [-0.2, 0) is 10.8 Å². The first-order valence-electron chi connectivity index (χ1n) is 27.6. The summed E-state index contributed by atoms with van der Waals surface area (Å²) in [5.41, 5.74) is 21.9. The molecule has 1 unspecified atom stereocenters. The average Bonchev–Trinajstić information content (AvgIpc) is 2.80. The van der Waals surface area contributed by atoms with Gasteiger partial charge in [0.25, 0.3) is 0 Å². The summed E-state index contributed by atoms with van der Waals surface area (Å²) in [6.07, 6.45) is 0. The number of aromatic nitrogens is 1. The maximum Gasteiger partial charge on any atom is 0.0726 e. The highest BCUT2D eigenvalue weighted by Gasteiger charge is 2.53. The van der Waals surface area contributed by atoms with Gasteiger partial charge in [-0.15, -0.1) is 0 Å². The Morgan fingerprint density at radius 2 is 0.797 bits per heavy atom. The van der Waals surface area contributed by atoms with Gasteiger partial charge in [-0.3, -0.25) is 0 Å². The Bertz CT molecular complexity index is 4760. The van der Waals surface area contributed by atoms with E-state index in [1.54, 1.807) is 0 Å². The molecule has 2 heteroatoms. The Morgan fingerprint density at radius 3 is 1.47 bits per heavy atom. The minimum Gasteiger partial charge on any atom is -0.310 e. The van der Waals surface area contributed by atoms with Crippen LogP contribution in [0.1, 0.15) is 50.0 Å². The number of para-hydroxylation sites is 2. The zero-order valence-corrected chi connectivity index (χ0v) is 40.0. The first-order valence-corrected chi connectivity index (χ1v) is 25.6. The molecule has 1 atom stereocenters. The molecule has 0 bridgehead atoms. The molecule has 0 aliphatic heterocycles.